The minimum atomic E-state index is -1.06. The van der Waals surface area contributed by atoms with Gasteiger partial charge in [-0.3, -0.25) is 9.80 Å². The van der Waals surface area contributed by atoms with Crippen molar-refractivity contribution in [3.05, 3.63) is 0 Å². The predicted octanol–water partition coefficient (Wildman–Crippen LogP) is -1.02. The average Bonchev–Trinajstić information content (AvgIpc) is 2.46. The highest BCUT2D eigenvalue weighted by atomic mass is 35.5. The van der Waals surface area contributed by atoms with Gasteiger partial charge in [-0.1, -0.05) is 11.6 Å². The molecule has 0 amide bonds. The number of halogens is 1. The number of nitrogens with zero attached hydrogens (tertiary/aromatic N) is 2. The summed E-state index contributed by atoms with van der Waals surface area (Å²) in [6.45, 7) is 0.846. The molecule has 0 bridgehead atoms. The van der Waals surface area contributed by atoms with Gasteiger partial charge in [0, 0.05) is 19.5 Å². The van der Waals surface area contributed by atoms with Crippen LogP contribution in [-0.4, -0.2) is 46.4 Å². The molecule has 0 aromatic heterocycles. The smallest absolute Gasteiger partial charge is 0.322 e. The first-order chi connectivity index (χ1) is 6.56. The molecular formula is C7H13ClN4O2. The van der Waals surface area contributed by atoms with Crippen molar-refractivity contribution in [1.82, 2.24) is 5.01 Å². The van der Waals surface area contributed by atoms with Crippen LogP contribution in [0, 0.1) is 0 Å². The summed E-state index contributed by atoms with van der Waals surface area (Å²) >= 11 is 5.71. The van der Waals surface area contributed by atoms with Crippen LogP contribution in [0.1, 0.15) is 6.42 Å². The van der Waals surface area contributed by atoms with Gasteiger partial charge in [-0.05, 0) is 0 Å². The highest BCUT2D eigenvalue weighted by Crippen LogP contribution is 2.19. The molecule has 1 rings (SSSR count). The van der Waals surface area contributed by atoms with Crippen LogP contribution in [0.15, 0.2) is 5.10 Å². The molecule has 0 fully saturated rings. The van der Waals surface area contributed by atoms with Gasteiger partial charge < -0.3 is 16.6 Å². The van der Waals surface area contributed by atoms with Crippen LogP contribution >= 0.6 is 11.6 Å². The number of carboxylic acids is 1. The van der Waals surface area contributed by atoms with Gasteiger partial charge in [0.05, 0.1) is 6.04 Å². The fourth-order valence-electron chi connectivity index (χ4n) is 1.36. The molecule has 80 valence electrons. The molecule has 1 aliphatic heterocycles. The molecule has 0 aromatic carbocycles. The summed E-state index contributed by atoms with van der Waals surface area (Å²) in [6.07, 6.45) is 0.370. The fourth-order valence-corrected chi connectivity index (χ4v) is 1.61. The predicted molar refractivity (Wildman–Crippen MR) is 53.1 cm³/mol. The molecule has 0 spiro atoms. The Labute approximate surface area is 86.5 Å². The Bertz CT molecular complexity index is 258. The largest absolute Gasteiger partial charge is 0.480 e. The number of carbonyl (C=O) groups is 1. The Morgan fingerprint density at radius 3 is 3.00 bits per heavy atom. The van der Waals surface area contributed by atoms with Crippen molar-refractivity contribution in [2.45, 2.75) is 18.5 Å². The van der Waals surface area contributed by atoms with E-state index in [1.54, 1.807) is 5.01 Å². The number of rotatable bonds is 4. The minimum absolute atomic E-state index is 0.370. The van der Waals surface area contributed by atoms with Crippen molar-refractivity contribution in [2.24, 2.45) is 16.6 Å². The summed E-state index contributed by atoms with van der Waals surface area (Å²) in [7, 11) is 0. The van der Waals surface area contributed by atoms with E-state index < -0.39 is 12.0 Å². The summed E-state index contributed by atoms with van der Waals surface area (Å²) in [6, 6.07) is -1.37. The summed E-state index contributed by atoms with van der Waals surface area (Å²) in [4.78, 5) is 10.7. The third-order valence-electron chi connectivity index (χ3n) is 2.06. The number of nitrogens with two attached hydrogens (primary N) is 2. The van der Waals surface area contributed by atoms with E-state index in [0.29, 0.717) is 24.7 Å². The van der Waals surface area contributed by atoms with Gasteiger partial charge in [-0.15, -0.1) is 0 Å². The fraction of sp³-hybridized carbons (Fsp3) is 0.714. The van der Waals surface area contributed by atoms with E-state index in [0.717, 1.165) is 0 Å². The van der Waals surface area contributed by atoms with Gasteiger partial charge in [-0.25, -0.2) is 0 Å². The second kappa shape index (κ2) is 4.59. The molecule has 0 saturated carbocycles. The monoisotopic (exact) mass is 220 g/mol. The molecular weight excluding hydrogens is 208 g/mol. The van der Waals surface area contributed by atoms with Crippen LogP contribution in [0.4, 0.5) is 0 Å². The Kier molecular flexibility index (Phi) is 3.68. The lowest BCUT2D eigenvalue weighted by Crippen LogP contribution is -2.49. The van der Waals surface area contributed by atoms with Crippen LogP contribution in [-0.2, 0) is 4.79 Å². The van der Waals surface area contributed by atoms with E-state index in [2.05, 4.69) is 5.10 Å². The number of aliphatic carboxylic acids is 1. The number of carboxylic acid groups (broad SMARTS) is 1. The van der Waals surface area contributed by atoms with E-state index >= 15 is 0 Å². The van der Waals surface area contributed by atoms with Crippen molar-refractivity contribution in [3.63, 3.8) is 0 Å². The normalized spacial score (nSPS) is 23.5. The van der Waals surface area contributed by atoms with Crippen molar-refractivity contribution in [2.75, 3.05) is 13.1 Å². The Morgan fingerprint density at radius 2 is 2.50 bits per heavy atom. The van der Waals surface area contributed by atoms with Crippen molar-refractivity contribution >= 4 is 22.7 Å². The molecule has 1 aliphatic rings. The quantitative estimate of drug-likeness (QED) is 0.563. The lowest BCUT2D eigenvalue weighted by molar-refractivity contribution is -0.140. The molecule has 0 saturated heterocycles. The molecule has 6 nitrogen and oxygen atoms in total. The maximum atomic E-state index is 10.7. The molecule has 0 unspecified atom stereocenters. The van der Waals surface area contributed by atoms with Crippen LogP contribution in [0.2, 0.25) is 0 Å². The summed E-state index contributed by atoms with van der Waals surface area (Å²) in [5.74, 6) is -1.06. The number of hydrogen-bond donors (Lipinski definition) is 3. The summed E-state index contributed by atoms with van der Waals surface area (Å²) in [5, 5.41) is 14.6. The van der Waals surface area contributed by atoms with E-state index in [-0.39, 0.29) is 6.04 Å². The van der Waals surface area contributed by atoms with Gasteiger partial charge >= 0.3 is 5.97 Å². The van der Waals surface area contributed by atoms with Crippen LogP contribution in [0.25, 0.3) is 0 Å². The van der Waals surface area contributed by atoms with E-state index in [9.17, 15) is 4.79 Å². The van der Waals surface area contributed by atoms with E-state index in [1.807, 2.05) is 0 Å². The molecule has 0 radical (unpaired) electrons. The zero-order valence-electron chi connectivity index (χ0n) is 7.56. The highest BCUT2D eigenvalue weighted by molar-refractivity contribution is 6.65. The molecule has 0 aromatic rings. The van der Waals surface area contributed by atoms with E-state index in [1.165, 1.54) is 0 Å². The second-order valence-electron chi connectivity index (χ2n) is 3.06. The third kappa shape index (κ3) is 2.34. The van der Waals surface area contributed by atoms with Crippen molar-refractivity contribution in [3.8, 4) is 0 Å². The van der Waals surface area contributed by atoms with Crippen LogP contribution < -0.4 is 11.5 Å². The summed E-state index contributed by atoms with van der Waals surface area (Å²) < 4.78 is 0. The number of hydrazone groups is 1. The SMILES string of the molecule is NCCN1N=C(Cl)C[C@@H]1[C@H](N)C(=O)O. The zero-order valence-corrected chi connectivity index (χ0v) is 8.31. The maximum Gasteiger partial charge on any atom is 0.322 e. The topological polar surface area (TPSA) is 105 Å². The molecule has 1 heterocycles. The summed E-state index contributed by atoms with van der Waals surface area (Å²) in [5.41, 5.74) is 10.8. The molecule has 0 aliphatic carbocycles. The van der Waals surface area contributed by atoms with Gasteiger partial charge in [0.1, 0.15) is 11.2 Å². The van der Waals surface area contributed by atoms with Gasteiger partial charge in [0.2, 0.25) is 0 Å². The first-order valence-corrected chi connectivity index (χ1v) is 4.62. The van der Waals surface area contributed by atoms with Crippen LogP contribution in [0.3, 0.4) is 0 Å². The third-order valence-corrected chi connectivity index (χ3v) is 2.29. The Hall–Kier alpha value is -0.850. The van der Waals surface area contributed by atoms with Crippen molar-refractivity contribution < 1.29 is 9.90 Å². The lowest BCUT2D eigenvalue weighted by Gasteiger charge is -2.25. The highest BCUT2D eigenvalue weighted by Gasteiger charge is 2.34. The first-order valence-electron chi connectivity index (χ1n) is 4.24. The first kappa shape index (κ1) is 11.2. The standard InChI is InChI=1S/C7H13ClN4O2/c8-5-3-4(6(10)7(13)14)12(11-5)2-1-9/h4,6H,1-3,9-10H2,(H,13,14)/t4-,6+/m1/s1. The minimum Gasteiger partial charge on any atom is -0.480 e. The Morgan fingerprint density at radius 1 is 1.86 bits per heavy atom. The van der Waals surface area contributed by atoms with Crippen molar-refractivity contribution in [1.29, 1.82) is 0 Å². The number of hydrogen-bond acceptors (Lipinski definition) is 5. The van der Waals surface area contributed by atoms with Gasteiger partial charge in [0.25, 0.3) is 0 Å². The zero-order chi connectivity index (χ0) is 10.7. The van der Waals surface area contributed by atoms with Gasteiger partial charge in [0.15, 0.2) is 0 Å². The molecule has 2 atom stereocenters. The maximum absolute atomic E-state index is 10.7. The molecule has 5 N–H and O–H groups in total. The van der Waals surface area contributed by atoms with Gasteiger partial charge in [-0.2, -0.15) is 5.10 Å². The molecule has 7 heteroatoms. The lowest BCUT2D eigenvalue weighted by atomic mass is 10.1. The Balaban J connectivity index is 2.66. The second-order valence-corrected chi connectivity index (χ2v) is 3.50. The molecule has 14 heavy (non-hydrogen) atoms. The van der Waals surface area contributed by atoms with E-state index in [4.69, 9.17) is 28.2 Å². The average molecular weight is 221 g/mol. The van der Waals surface area contributed by atoms with Crippen LogP contribution in [0.5, 0.6) is 0 Å².